The number of hydrogen-bond donors (Lipinski definition) is 2. The average molecular weight is 530 g/mol. The minimum atomic E-state index is -3.81. The van der Waals surface area contributed by atoms with Gasteiger partial charge in [-0.2, -0.15) is 5.10 Å². The summed E-state index contributed by atoms with van der Waals surface area (Å²) in [5, 5.41) is 3.84. The number of hydrazone groups is 1. The fourth-order valence-corrected chi connectivity index (χ4v) is 4.11. The van der Waals surface area contributed by atoms with Crippen molar-refractivity contribution in [1.29, 1.82) is 0 Å². The Balaban J connectivity index is 1.64. The molecule has 0 radical (unpaired) electrons. The van der Waals surface area contributed by atoms with E-state index in [2.05, 4.69) is 31.2 Å². The van der Waals surface area contributed by atoms with Crippen molar-refractivity contribution in [1.82, 2.24) is 10.1 Å². The zero-order chi connectivity index (χ0) is 23.8. The molecule has 0 aliphatic heterocycles. The van der Waals surface area contributed by atoms with Gasteiger partial charge in [-0.3, -0.25) is 4.79 Å². The van der Waals surface area contributed by atoms with Crippen LogP contribution in [0.5, 0.6) is 5.75 Å². The van der Waals surface area contributed by atoms with E-state index in [1.165, 1.54) is 18.3 Å². The second kappa shape index (κ2) is 11.0. The number of rotatable bonds is 8. The molecule has 170 valence electrons. The van der Waals surface area contributed by atoms with Crippen LogP contribution in [-0.4, -0.2) is 33.1 Å². The summed E-state index contributed by atoms with van der Waals surface area (Å²) < 4.78 is 32.8. The first-order valence-electron chi connectivity index (χ1n) is 9.70. The highest BCUT2D eigenvalue weighted by Crippen LogP contribution is 2.23. The standard InChI is InChI=1S/C23H20BrN3O5S/c1-16-7-5-6-10-20(16)23(29)32-21-12-11-18(24)13-17(21)14-25-27-22(28)15-26-33(30,31)19-8-3-2-4-9-19/h2-14,26H,15H2,1H3,(H,27,28). The van der Waals surface area contributed by atoms with Crippen LogP contribution in [0, 0.1) is 6.92 Å². The number of carbonyl (C=O) groups is 2. The van der Waals surface area contributed by atoms with Crippen LogP contribution in [0.4, 0.5) is 0 Å². The van der Waals surface area contributed by atoms with Gasteiger partial charge in [-0.05, 0) is 48.9 Å². The van der Waals surface area contributed by atoms with Crippen molar-refractivity contribution in [2.75, 3.05) is 6.54 Å². The van der Waals surface area contributed by atoms with Gasteiger partial charge in [0.2, 0.25) is 10.0 Å². The molecule has 0 atom stereocenters. The van der Waals surface area contributed by atoms with Gasteiger partial charge in [0.25, 0.3) is 5.91 Å². The maximum absolute atomic E-state index is 12.5. The fraction of sp³-hybridized carbons (Fsp3) is 0.0870. The van der Waals surface area contributed by atoms with E-state index in [-0.39, 0.29) is 10.6 Å². The van der Waals surface area contributed by atoms with Crippen molar-refractivity contribution >= 4 is 44.0 Å². The summed E-state index contributed by atoms with van der Waals surface area (Å²) in [5.41, 5.74) is 3.88. The number of ether oxygens (including phenoxy) is 1. The van der Waals surface area contributed by atoms with E-state index in [0.29, 0.717) is 15.6 Å². The summed E-state index contributed by atoms with van der Waals surface area (Å²) >= 11 is 3.34. The van der Waals surface area contributed by atoms with E-state index in [4.69, 9.17) is 4.74 Å². The predicted molar refractivity (Wildman–Crippen MR) is 128 cm³/mol. The highest BCUT2D eigenvalue weighted by atomic mass is 79.9. The first-order valence-corrected chi connectivity index (χ1v) is 12.0. The Labute approximate surface area is 199 Å². The van der Waals surface area contributed by atoms with Gasteiger partial charge in [0.15, 0.2) is 0 Å². The number of halogens is 1. The third-order valence-electron chi connectivity index (χ3n) is 4.41. The Morgan fingerprint density at radius 2 is 1.73 bits per heavy atom. The molecule has 8 nitrogen and oxygen atoms in total. The van der Waals surface area contributed by atoms with Crippen LogP contribution >= 0.6 is 15.9 Å². The molecule has 0 fully saturated rings. The van der Waals surface area contributed by atoms with E-state index in [0.717, 1.165) is 5.56 Å². The van der Waals surface area contributed by atoms with Gasteiger partial charge >= 0.3 is 5.97 Å². The van der Waals surface area contributed by atoms with Gasteiger partial charge in [-0.15, -0.1) is 0 Å². The predicted octanol–water partition coefficient (Wildman–Crippen LogP) is 3.41. The number of sulfonamides is 1. The number of carbonyl (C=O) groups excluding carboxylic acids is 2. The second-order valence-corrected chi connectivity index (χ2v) is 9.50. The topological polar surface area (TPSA) is 114 Å². The van der Waals surface area contributed by atoms with Crippen molar-refractivity contribution in [2.24, 2.45) is 5.10 Å². The Morgan fingerprint density at radius 3 is 2.45 bits per heavy atom. The van der Waals surface area contributed by atoms with E-state index in [9.17, 15) is 18.0 Å². The first kappa shape index (κ1) is 24.3. The van der Waals surface area contributed by atoms with Gasteiger partial charge in [-0.1, -0.05) is 52.3 Å². The van der Waals surface area contributed by atoms with Crippen molar-refractivity contribution < 1.29 is 22.7 Å². The Hall–Kier alpha value is -3.34. The first-order chi connectivity index (χ1) is 15.8. The van der Waals surface area contributed by atoms with E-state index >= 15 is 0 Å². The van der Waals surface area contributed by atoms with Crippen molar-refractivity contribution in [3.8, 4) is 5.75 Å². The van der Waals surface area contributed by atoms with Gasteiger partial charge in [0, 0.05) is 10.0 Å². The number of esters is 1. The van der Waals surface area contributed by atoms with Gasteiger partial charge in [-0.25, -0.2) is 23.4 Å². The quantitative estimate of drug-likeness (QED) is 0.201. The molecular formula is C23H20BrN3O5S. The van der Waals surface area contributed by atoms with Gasteiger partial charge in [0.05, 0.1) is 23.2 Å². The summed E-state index contributed by atoms with van der Waals surface area (Å²) in [7, 11) is -3.81. The molecule has 0 aromatic heterocycles. The highest BCUT2D eigenvalue weighted by Gasteiger charge is 2.15. The molecule has 0 unspecified atom stereocenters. The normalized spacial score (nSPS) is 11.3. The number of aryl methyl sites for hydroxylation is 1. The minimum Gasteiger partial charge on any atom is -0.422 e. The molecule has 0 saturated carbocycles. The summed E-state index contributed by atoms with van der Waals surface area (Å²) in [6.45, 7) is 1.31. The van der Waals surface area contributed by atoms with Crippen LogP contribution < -0.4 is 14.9 Å². The average Bonchev–Trinajstić information content (AvgIpc) is 2.80. The molecule has 33 heavy (non-hydrogen) atoms. The van der Waals surface area contributed by atoms with E-state index < -0.39 is 28.4 Å². The Morgan fingerprint density at radius 1 is 1.03 bits per heavy atom. The summed E-state index contributed by atoms with van der Waals surface area (Å²) in [4.78, 5) is 24.6. The van der Waals surface area contributed by atoms with Crippen LogP contribution in [0.1, 0.15) is 21.5 Å². The smallest absolute Gasteiger partial charge is 0.343 e. The Bertz CT molecular complexity index is 1290. The zero-order valence-corrected chi connectivity index (χ0v) is 19.9. The molecule has 0 bridgehead atoms. The third kappa shape index (κ3) is 6.82. The molecular weight excluding hydrogens is 510 g/mol. The lowest BCUT2D eigenvalue weighted by atomic mass is 10.1. The van der Waals surface area contributed by atoms with Crippen LogP contribution in [0.15, 0.2) is 87.3 Å². The van der Waals surface area contributed by atoms with E-state index in [1.807, 2.05) is 19.1 Å². The van der Waals surface area contributed by atoms with Crippen molar-refractivity contribution in [3.05, 3.63) is 94.0 Å². The van der Waals surface area contributed by atoms with Gasteiger partial charge < -0.3 is 4.74 Å². The molecule has 0 aliphatic carbocycles. The molecule has 0 aliphatic rings. The zero-order valence-electron chi connectivity index (χ0n) is 17.5. The number of amides is 1. The maximum Gasteiger partial charge on any atom is 0.343 e. The molecule has 10 heteroatoms. The summed E-state index contributed by atoms with van der Waals surface area (Å²) in [5.74, 6) is -0.946. The van der Waals surface area contributed by atoms with Crippen LogP contribution in [0.2, 0.25) is 0 Å². The number of hydrogen-bond acceptors (Lipinski definition) is 6. The number of nitrogens with one attached hydrogen (secondary N) is 2. The lowest BCUT2D eigenvalue weighted by Gasteiger charge is -2.09. The lowest BCUT2D eigenvalue weighted by molar-refractivity contribution is -0.119. The number of benzene rings is 3. The van der Waals surface area contributed by atoms with Gasteiger partial charge in [0.1, 0.15) is 5.75 Å². The summed E-state index contributed by atoms with van der Waals surface area (Å²) in [6.07, 6.45) is 1.30. The van der Waals surface area contributed by atoms with Crippen molar-refractivity contribution in [3.63, 3.8) is 0 Å². The molecule has 3 aromatic rings. The molecule has 0 heterocycles. The molecule has 3 rings (SSSR count). The highest BCUT2D eigenvalue weighted by molar-refractivity contribution is 9.10. The third-order valence-corrected chi connectivity index (χ3v) is 6.32. The molecule has 0 saturated heterocycles. The molecule has 1 amide bonds. The lowest BCUT2D eigenvalue weighted by Crippen LogP contribution is -2.34. The molecule has 3 aromatic carbocycles. The van der Waals surface area contributed by atoms with E-state index in [1.54, 1.807) is 48.5 Å². The monoisotopic (exact) mass is 529 g/mol. The fourth-order valence-electron chi connectivity index (χ4n) is 2.73. The van der Waals surface area contributed by atoms with Crippen molar-refractivity contribution in [2.45, 2.75) is 11.8 Å². The second-order valence-electron chi connectivity index (χ2n) is 6.82. The van der Waals surface area contributed by atoms with Crippen LogP contribution in [0.3, 0.4) is 0 Å². The minimum absolute atomic E-state index is 0.0514. The molecule has 2 N–H and O–H groups in total. The SMILES string of the molecule is Cc1ccccc1C(=O)Oc1ccc(Br)cc1C=NNC(=O)CNS(=O)(=O)c1ccccc1. The largest absolute Gasteiger partial charge is 0.422 e. The number of nitrogens with zero attached hydrogens (tertiary/aromatic N) is 1. The summed E-state index contributed by atoms with van der Waals surface area (Å²) in [6, 6.07) is 19.7. The molecule has 0 spiro atoms. The van der Waals surface area contributed by atoms with Crippen LogP contribution in [0.25, 0.3) is 0 Å². The maximum atomic E-state index is 12.5. The van der Waals surface area contributed by atoms with Crippen LogP contribution in [-0.2, 0) is 14.8 Å². The Kier molecular flexibility index (Phi) is 8.10.